The summed E-state index contributed by atoms with van der Waals surface area (Å²) in [6.45, 7) is 0. The molecule has 0 saturated carbocycles. The lowest BCUT2D eigenvalue weighted by Gasteiger charge is -2.18. The van der Waals surface area contributed by atoms with E-state index in [-0.39, 0.29) is 5.82 Å². The Morgan fingerprint density at radius 2 is 1.86 bits per heavy atom. The molecule has 1 heterocycles. The number of nitrogens with zero attached hydrogens (tertiary/aromatic N) is 3. The third-order valence-corrected chi connectivity index (χ3v) is 5.16. The predicted molar refractivity (Wildman–Crippen MR) is 116 cm³/mol. The minimum Gasteiger partial charge on any atom is -0.399 e. The molecule has 0 radical (unpaired) electrons. The molecule has 3 aromatic rings. The van der Waals surface area contributed by atoms with Gasteiger partial charge in [0.1, 0.15) is 18.7 Å². The Balaban J connectivity index is 1.55. The molecule has 0 saturated heterocycles. The van der Waals surface area contributed by atoms with Crippen LogP contribution in [0.5, 0.6) is 0 Å². The van der Waals surface area contributed by atoms with E-state index in [2.05, 4.69) is 47.8 Å². The maximum atomic E-state index is 13.1. The molecule has 2 aromatic carbocycles. The van der Waals surface area contributed by atoms with E-state index in [0.29, 0.717) is 16.2 Å². The molecule has 148 valence electrons. The maximum absolute atomic E-state index is 13.1. The average Bonchev–Trinajstić information content (AvgIpc) is 2.72. The number of aromatic nitrogens is 2. The summed E-state index contributed by atoms with van der Waals surface area (Å²) in [5.74, 6) is 0.756. The van der Waals surface area contributed by atoms with Crippen LogP contribution in [-0.2, 0) is 11.3 Å². The first-order valence-corrected chi connectivity index (χ1v) is 9.97. The molecule has 2 N–H and O–H groups in total. The first-order chi connectivity index (χ1) is 14.1. The van der Waals surface area contributed by atoms with Crippen molar-refractivity contribution in [2.24, 2.45) is 5.16 Å². The number of aryl methyl sites for hydroxylation is 1. The van der Waals surface area contributed by atoms with Crippen molar-refractivity contribution in [3.8, 4) is 0 Å². The van der Waals surface area contributed by atoms with Crippen LogP contribution in [0.25, 0.3) is 0 Å². The predicted octanol–water partition coefficient (Wildman–Crippen LogP) is 5.55. The molecule has 0 atom stereocenters. The molecule has 29 heavy (non-hydrogen) atoms. The summed E-state index contributed by atoms with van der Waals surface area (Å²) in [6, 6.07) is 12.2. The second kappa shape index (κ2) is 8.57. The zero-order valence-corrected chi connectivity index (χ0v) is 17.3. The summed E-state index contributed by atoms with van der Waals surface area (Å²) >= 11 is 3.44. The Hall–Kier alpha value is -3.00. The molecule has 0 aliphatic heterocycles. The first kappa shape index (κ1) is 19.3. The van der Waals surface area contributed by atoms with Crippen molar-refractivity contribution in [3.63, 3.8) is 0 Å². The molecule has 4 rings (SSSR count). The highest BCUT2D eigenvalue weighted by Gasteiger charge is 2.17. The molecule has 1 aliphatic rings. The van der Waals surface area contributed by atoms with Crippen molar-refractivity contribution in [1.82, 2.24) is 9.97 Å². The van der Waals surface area contributed by atoms with E-state index in [0.717, 1.165) is 41.9 Å². The highest BCUT2D eigenvalue weighted by atomic mass is 79.9. The lowest BCUT2D eigenvalue weighted by molar-refractivity contribution is 0.212. The van der Waals surface area contributed by atoms with Gasteiger partial charge in [-0.1, -0.05) is 11.2 Å². The van der Waals surface area contributed by atoms with Crippen LogP contribution in [0.1, 0.15) is 24.0 Å². The van der Waals surface area contributed by atoms with E-state index < -0.39 is 0 Å². The minimum atomic E-state index is -0.286. The number of rotatable bonds is 5. The van der Waals surface area contributed by atoms with Gasteiger partial charge < -0.3 is 15.5 Å². The van der Waals surface area contributed by atoms with Crippen molar-refractivity contribution in [1.29, 1.82) is 0 Å². The Bertz CT molecular complexity index is 1060. The smallest absolute Gasteiger partial charge is 0.229 e. The third-order valence-electron chi connectivity index (χ3n) is 4.58. The number of fused-ring (bicyclic) bond motifs is 1. The van der Waals surface area contributed by atoms with Crippen LogP contribution < -0.4 is 10.6 Å². The van der Waals surface area contributed by atoms with Gasteiger partial charge in [0, 0.05) is 23.1 Å². The largest absolute Gasteiger partial charge is 0.399 e. The van der Waals surface area contributed by atoms with Crippen molar-refractivity contribution in [3.05, 3.63) is 70.1 Å². The van der Waals surface area contributed by atoms with Gasteiger partial charge in [0.2, 0.25) is 5.95 Å². The molecule has 0 spiro atoms. The lowest BCUT2D eigenvalue weighted by atomic mass is 9.90. The van der Waals surface area contributed by atoms with Crippen LogP contribution in [0.3, 0.4) is 0 Å². The molecular formula is C21H19BrFN5O. The second-order valence-corrected chi connectivity index (χ2v) is 7.45. The Kier molecular flexibility index (Phi) is 5.71. The molecule has 0 fully saturated rings. The van der Waals surface area contributed by atoms with Gasteiger partial charge in [-0.15, -0.1) is 0 Å². The minimum absolute atomic E-state index is 0.286. The molecule has 1 aliphatic carbocycles. The molecular weight excluding hydrogens is 437 g/mol. The fourth-order valence-corrected chi connectivity index (χ4v) is 3.55. The van der Waals surface area contributed by atoms with Gasteiger partial charge in [-0.3, -0.25) is 0 Å². The Morgan fingerprint density at radius 3 is 2.66 bits per heavy atom. The van der Waals surface area contributed by atoms with Crippen molar-refractivity contribution in [2.75, 3.05) is 17.7 Å². The number of oxime groups is 1. The highest BCUT2D eigenvalue weighted by molar-refractivity contribution is 9.10. The fourth-order valence-electron chi connectivity index (χ4n) is 3.26. The van der Waals surface area contributed by atoms with E-state index in [1.54, 1.807) is 25.4 Å². The topological polar surface area (TPSA) is 71.4 Å². The van der Waals surface area contributed by atoms with Crippen molar-refractivity contribution < 1.29 is 9.23 Å². The van der Waals surface area contributed by atoms with Crippen LogP contribution in [0.2, 0.25) is 0 Å². The van der Waals surface area contributed by atoms with Gasteiger partial charge in [0.05, 0.1) is 10.2 Å². The van der Waals surface area contributed by atoms with Crippen LogP contribution in [0, 0.1) is 5.82 Å². The monoisotopic (exact) mass is 455 g/mol. The van der Waals surface area contributed by atoms with Gasteiger partial charge in [0.15, 0.2) is 0 Å². The summed E-state index contributed by atoms with van der Waals surface area (Å²) in [5, 5.41) is 10.6. The number of hydrogen-bond acceptors (Lipinski definition) is 6. The summed E-state index contributed by atoms with van der Waals surface area (Å²) in [7, 11) is 1.57. The number of nitrogens with one attached hydrogen (secondary N) is 2. The molecule has 6 nitrogen and oxygen atoms in total. The zero-order valence-electron chi connectivity index (χ0n) is 15.7. The lowest BCUT2D eigenvalue weighted by Crippen LogP contribution is -2.12. The number of benzene rings is 2. The van der Waals surface area contributed by atoms with Crippen molar-refractivity contribution in [2.45, 2.75) is 19.3 Å². The zero-order chi connectivity index (χ0) is 20.2. The van der Waals surface area contributed by atoms with E-state index in [4.69, 9.17) is 4.84 Å². The van der Waals surface area contributed by atoms with Gasteiger partial charge in [0.25, 0.3) is 0 Å². The van der Waals surface area contributed by atoms with E-state index >= 15 is 0 Å². The fraction of sp³-hybridized carbons (Fsp3) is 0.190. The van der Waals surface area contributed by atoms with Gasteiger partial charge in [-0.25, -0.2) is 9.37 Å². The maximum Gasteiger partial charge on any atom is 0.229 e. The quantitative estimate of drug-likeness (QED) is 0.493. The number of hydrogen-bond donors (Lipinski definition) is 2. The molecule has 0 amide bonds. The van der Waals surface area contributed by atoms with E-state index in [1.807, 2.05) is 12.1 Å². The molecule has 0 bridgehead atoms. The van der Waals surface area contributed by atoms with E-state index in [9.17, 15) is 4.39 Å². The first-order valence-electron chi connectivity index (χ1n) is 9.18. The summed E-state index contributed by atoms with van der Waals surface area (Å²) < 4.78 is 13.8. The van der Waals surface area contributed by atoms with Gasteiger partial charge >= 0.3 is 0 Å². The van der Waals surface area contributed by atoms with Gasteiger partial charge in [-0.2, -0.15) is 4.98 Å². The third kappa shape index (κ3) is 4.54. The average molecular weight is 456 g/mol. The molecule has 1 aromatic heterocycles. The van der Waals surface area contributed by atoms with Crippen LogP contribution in [-0.4, -0.2) is 22.8 Å². The molecule has 8 heteroatoms. The van der Waals surface area contributed by atoms with Gasteiger partial charge in [-0.05, 0) is 77.2 Å². The van der Waals surface area contributed by atoms with E-state index in [1.165, 1.54) is 17.7 Å². The summed E-state index contributed by atoms with van der Waals surface area (Å²) in [5.41, 5.74) is 4.96. The van der Waals surface area contributed by atoms with Crippen LogP contribution in [0.15, 0.2) is 58.3 Å². The summed E-state index contributed by atoms with van der Waals surface area (Å²) in [4.78, 5) is 13.8. The Labute approximate surface area is 176 Å². The van der Waals surface area contributed by atoms with Crippen LogP contribution >= 0.6 is 15.9 Å². The van der Waals surface area contributed by atoms with Crippen molar-refractivity contribution >= 4 is 44.8 Å². The normalized spacial score (nSPS) is 14.4. The number of anilines is 4. The standard InChI is InChI=1S/C21H19BrFN5O/c1-29-28-19-4-2-3-13-11-16(9-10-17(13)19)26-21-24-12-18(22)20(27-21)25-15-7-5-14(23)6-8-15/h5-12H,2-4H2,1H3,(H2,24,25,26,27)/b28-19+. The Morgan fingerprint density at radius 1 is 1.07 bits per heavy atom. The molecule has 0 unspecified atom stereocenters. The SMILES string of the molecule is CO/N=C1\CCCc2cc(Nc3ncc(Br)c(Nc4ccc(F)cc4)n3)ccc21. The second-order valence-electron chi connectivity index (χ2n) is 6.59. The summed E-state index contributed by atoms with van der Waals surface area (Å²) in [6.07, 6.45) is 4.62. The highest BCUT2D eigenvalue weighted by Crippen LogP contribution is 2.28. The van der Waals surface area contributed by atoms with Crippen LogP contribution in [0.4, 0.5) is 27.5 Å². The number of halogens is 2.